The molecular formula is C19H19FN6O. The maximum atomic E-state index is 13.8. The normalized spacial score (nSPS) is 17.1. The van der Waals surface area contributed by atoms with Gasteiger partial charge in [-0.1, -0.05) is 12.1 Å². The van der Waals surface area contributed by atoms with Crippen LogP contribution in [0.3, 0.4) is 0 Å². The van der Waals surface area contributed by atoms with E-state index < -0.39 is 0 Å². The molecule has 1 saturated heterocycles. The molecule has 3 heterocycles. The molecule has 2 aromatic heterocycles. The number of aromatic amines is 1. The number of carbonyl (C=O) groups is 1. The fraction of sp³-hybridized carbons (Fsp3) is 0.263. The van der Waals surface area contributed by atoms with Gasteiger partial charge in [-0.3, -0.25) is 9.89 Å². The third-order valence-corrected chi connectivity index (χ3v) is 4.78. The number of aromatic nitrogens is 4. The zero-order valence-corrected chi connectivity index (χ0v) is 14.6. The summed E-state index contributed by atoms with van der Waals surface area (Å²) < 4.78 is 13.8. The van der Waals surface area contributed by atoms with Crippen LogP contribution in [0.4, 0.5) is 10.3 Å². The Balaban J connectivity index is 1.78. The summed E-state index contributed by atoms with van der Waals surface area (Å²) in [6.07, 6.45) is 5.77. The van der Waals surface area contributed by atoms with Gasteiger partial charge in [0.15, 0.2) is 0 Å². The summed E-state index contributed by atoms with van der Waals surface area (Å²) in [5.74, 6) is -0.353. The number of nitrogen functional groups attached to an aromatic ring is 1. The van der Waals surface area contributed by atoms with Gasteiger partial charge in [0.2, 0.25) is 5.95 Å². The molecule has 1 aliphatic heterocycles. The van der Waals surface area contributed by atoms with Gasteiger partial charge in [0.25, 0.3) is 5.91 Å². The number of amides is 1. The summed E-state index contributed by atoms with van der Waals surface area (Å²) in [6, 6.07) is 7.64. The summed E-state index contributed by atoms with van der Waals surface area (Å²) in [5.41, 5.74) is 8.24. The molecule has 0 spiro atoms. The minimum atomic E-state index is -0.343. The van der Waals surface area contributed by atoms with Gasteiger partial charge in [0.05, 0.1) is 11.7 Å². The zero-order valence-electron chi connectivity index (χ0n) is 14.6. The second kappa shape index (κ2) is 7.14. The number of piperidine rings is 1. The molecule has 27 heavy (non-hydrogen) atoms. The number of H-pyrrole nitrogens is 1. The highest BCUT2D eigenvalue weighted by atomic mass is 19.1. The van der Waals surface area contributed by atoms with Crippen LogP contribution in [0.15, 0.2) is 42.7 Å². The highest BCUT2D eigenvalue weighted by Crippen LogP contribution is 2.36. The number of nitrogens with two attached hydrogens (primary N) is 1. The predicted octanol–water partition coefficient (Wildman–Crippen LogP) is 2.96. The molecule has 8 heteroatoms. The smallest absolute Gasteiger partial charge is 0.272 e. The number of nitrogens with zero attached hydrogens (tertiary/aromatic N) is 4. The van der Waals surface area contributed by atoms with Gasteiger partial charge in [-0.25, -0.2) is 14.4 Å². The number of hydrogen-bond acceptors (Lipinski definition) is 5. The predicted molar refractivity (Wildman–Crippen MR) is 98.1 cm³/mol. The Labute approximate surface area is 155 Å². The van der Waals surface area contributed by atoms with Gasteiger partial charge in [-0.15, -0.1) is 0 Å². The topological polar surface area (TPSA) is 101 Å². The lowest BCUT2D eigenvalue weighted by molar-refractivity contribution is 0.0600. The Hall–Kier alpha value is -3.29. The van der Waals surface area contributed by atoms with Crippen LogP contribution in [0.1, 0.15) is 41.5 Å². The van der Waals surface area contributed by atoms with Gasteiger partial charge in [-0.05, 0) is 43.0 Å². The van der Waals surface area contributed by atoms with Crippen molar-refractivity contribution < 1.29 is 9.18 Å². The lowest BCUT2D eigenvalue weighted by Gasteiger charge is -2.36. The molecule has 1 aliphatic rings. The van der Waals surface area contributed by atoms with E-state index in [2.05, 4.69) is 20.2 Å². The first-order valence-electron chi connectivity index (χ1n) is 8.82. The van der Waals surface area contributed by atoms with E-state index in [4.69, 9.17) is 5.73 Å². The fourth-order valence-corrected chi connectivity index (χ4v) is 3.53. The summed E-state index contributed by atoms with van der Waals surface area (Å²) in [4.78, 5) is 23.3. The fourth-order valence-electron chi connectivity index (χ4n) is 3.53. The van der Waals surface area contributed by atoms with Crippen LogP contribution in [0, 0.1) is 5.82 Å². The average Bonchev–Trinajstić information content (AvgIpc) is 3.22. The molecule has 138 valence electrons. The Bertz CT molecular complexity index is 959. The molecule has 3 N–H and O–H groups in total. The highest BCUT2D eigenvalue weighted by Gasteiger charge is 2.32. The van der Waals surface area contributed by atoms with Crippen LogP contribution in [-0.4, -0.2) is 37.5 Å². The maximum Gasteiger partial charge on any atom is 0.272 e. The summed E-state index contributed by atoms with van der Waals surface area (Å²) in [5, 5.41) is 6.59. The molecule has 7 nitrogen and oxygen atoms in total. The van der Waals surface area contributed by atoms with Gasteiger partial charge < -0.3 is 10.6 Å². The zero-order chi connectivity index (χ0) is 18.8. The number of rotatable bonds is 3. The van der Waals surface area contributed by atoms with Crippen LogP contribution in [-0.2, 0) is 0 Å². The van der Waals surface area contributed by atoms with Crippen LogP contribution < -0.4 is 5.73 Å². The second-order valence-corrected chi connectivity index (χ2v) is 6.52. The van der Waals surface area contributed by atoms with E-state index in [0.29, 0.717) is 29.1 Å². The lowest BCUT2D eigenvalue weighted by Crippen LogP contribution is -2.39. The summed E-state index contributed by atoms with van der Waals surface area (Å²) >= 11 is 0. The molecule has 0 bridgehead atoms. The molecule has 1 amide bonds. The second-order valence-electron chi connectivity index (χ2n) is 6.52. The van der Waals surface area contributed by atoms with Crippen molar-refractivity contribution >= 4 is 11.9 Å². The molecule has 0 radical (unpaired) electrons. The van der Waals surface area contributed by atoms with Crippen LogP contribution in [0.25, 0.3) is 11.1 Å². The monoisotopic (exact) mass is 366 g/mol. The first kappa shape index (κ1) is 17.1. The number of likely N-dealkylation sites (tertiary alicyclic amines) is 1. The third-order valence-electron chi connectivity index (χ3n) is 4.78. The van der Waals surface area contributed by atoms with Crippen LogP contribution >= 0.6 is 0 Å². The number of nitrogens with one attached hydrogen (secondary N) is 1. The van der Waals surface area contributed by atoms with E-state index in [1.807, 2.05) is 0 Å². The molecule has 1 aromatic carbocycles. The molecule has 1 atom stereocenters. The van der Waals surface area contributed by atoms with E-state index in [9.17, 15) is 9.18 Å². The van der Waals surface area contributed by atoms with Gasteiger partial charge in [0.1, 0.15) is 11.5 Å². The minimum Gasteiger partial charge on any atom is -0.368 e. The summed E-state index contributed by atoms with van der Waals surface area (Å²) in [6.45, 7) is 0.606. The van der Waals surface area contributed by atoms with E-state index >= 15 is 0 Å². The van der Waals surface area contributed by atoms with E-state index in [1.54, 1.807) is 35.5 Å². The van der Waals surface area contributed by atoms with Crippen molar-refractivity contribution in [2.75, 3.05) is 12.3 Å². The van der Waals surface area contributed by atoms with Crippen molar-refractivity contribution in [3.8, 4) is 11.1 Å². The van der Waals surface area contributed by atoms with Crippen LogP contribution in [0.5, 0.6) is 0 Å². The van der Waals surface area contributed by atoms with Crippen molar-refractivity contribution in [3.63, 3.8) is 0 Å². The minimum absolute atomic E-state index is 0.129. The molecule has 4 rings (SSSR count). The van der Waals surface area contributed by atoms with Gasteiger partial charge >= 0.3 is 0 Å². The Morgan fingerprint density at radius 2 is 2.19 bits per heavy atom. The Morgan fingerprint density at radius 3 is 2.96 bits per heavy atom. The molecule has 1 fully saturated rings. The number of anilines is 1. The first-order chi connectivity index (χ1) is 13.1. The van der Waals surface area contributed by atoms with E-state index in [1.165, 1.54) is 12.1 Å². The molecular weight excluding hydrogens is 347 g/mol. The van der Waals surface area contributed by atoms with E-state index in [-0.39, 0.29) is 23.7 Å². The number of carbonyl (C=O) groups excluding carboxylic acids is 1. The highest BCUT2D eigenvalue weighted by molar-refractivity contribution is 5.92. The number of benzene rings is 1. The lowest BCUT2D eigenvalue weighted by atomic mass is 9.93. The number of hydrogen-bond donors (Lipinski definition) is 2. The standard InChI is InChI=1S/C19H19FN6O/c20-13-5-3-4-12(10-13)14-11-22-19(21)24-17(14)16-6-1-2-9-26(16)18(27)15-7-8-23-25-15/h3-5,7-8,10-11,16H,1-2,6,9H2,(H,23,25)(H2,21,22,24)/t16-/m1/s1. The largest absolute Gasteiger partial charge is 0.368 e. The van der Waals surface area contributed by atoms with Crippen LogP contribution in [0.2, 0.25) is 0 Å². The maximum absolute atomic E-state index is 13.8. The number of halogens is 1. The quantitative estimate of drug-likeness (QED) is 0.742. The van der Waals surface area contributed by atoms with Crippen molar-refractivity contribution in [1.82, 2.24) is 25.1 Å². The Kier molecular flexibility index (Phi) is 4.53. The first-order valence-corrected chi connectivity index (χ1v) is 8.82. The Morgan fingerprint density at radius 1 is 1.30 bits per heavy atom. The van der Waals surface area contributed by atoms with Crippen molar-refractivity contribution in [2.24, 2.45) is 0 Å². The van der Waals surface area contributed by atoms with Gasteiger partial charge in [-0.2, -0.15) is 5.10 Å². The van der Waals surface area contributed by atoms with E-state index in [0.717, 1.165) is 19.3 Å². The van der Waals surface area contributed by atoms with Gasteiger partial charge in [0, 0.05) is 24.5 Å². The third kappa shape index (κ3) is 3.38. The molecule has 3 aromatic rings. The van der Waals surface area contributed by atoms with Crippen molar-refractivity contribution in [2.45, 2.75) is 25.3 Å². The SMILES string of the molecule is Nc1ncc(-c2cccc(F)c2)c([C@H]2CCCCN2C(=O)c2ccn[nH]2)n1. The van der Waals surface area contributed by atoms with Crippen molar-refractivity contribution in [1.29, 1.82) is 0 Å². The molecule has 0 unspecified atom stereocenters. The molecule has 0 saturated carbocycles. The molecule has 0 aliphatic carbocycles. The van der Waals surface area contributed by atoms with Crippen molar-refractivity contribution in [3.05, 3.63) is 59.9 Å². The average molecular weight is 366 g/mol. The summed E-state index contributed by atoms with van der Waals surface area (Å²) in [7, 11) is 0.